The lowest BCUT2D eigenvalue weighted by Crippen LogP contribution is -2.00. The van der Waals surface area contributed by atoms with E-state index in [4.69, 9.17) is 5.26 Å². The highest BCUT2D eigenvalue weighted by atomic mass is 79.9. The van der Waals surface area contributed by atoms with Gasteiger partial charge in [-0.1, -0.05) is 6.07 Å². The van der Waals surface area contributed by atoms with Crippen LogP contribution in [0.1, 0.15) is 21.6 Å². The van der Waals surface area contributed by atoms with Crippen molar-refractivity contribution in [3.05, 3.63) is 49.6 Å². The fourth-order valence-corrected chi connectivity index (χ4v) is 3.41. The molecule has 18 heavy (non-hydrogen) atoms. The fourth-order valence-electron chi connectivity index (χ4n) is 1.85. The Morgan fingerprint density at radius 3 is 2.72 bits per heavy atom. The largest absolute Gasteiger partial charge is 0.379 e. The summed E-state index contributed by atoms with van der Waals surface area (Å²) in [5.41, 5.74) is 4.32. The maximum Gasteiger partial charge on any atom is 0.100 e. The van der Waals surface area contributed by atoms with Crippen LogP contribution >= 0.6 is 27.3 Å². The summed E-state index contributed by atoms with van der Waals surface area (Å²) in [7, 11) is 0. The number of hydrogen-bond donors (Lipinski definition) is 1. The normalized spacial score (nSPS) is 10.1. The van der Waals surface area contributed by atoms with E-state index in [-0.39, 0.29) is 0 Å². The quantitative estimate of drug-likeness (QED) is 0.896. The van der Waals surface area contributed by atoms with Crippen LogP contribution in [0.2, 0.25) is 0 Å². The molecule has 0 saturated heterocycles. The van der Waals surface area contributed by atoms with Gasteiger partial charge in [0.1, 0.15) is 6.07 Å². The van der Waals surface area contributed by atoms with Crippen LogP contribution in [0.5, 0.6) is 0 Å². The second-order valence-corrected chi connectivity index (χ2v) is 6.06. The van der Waals surface area contributed by atoms with Gasteiger partial charge in [0.15, 0.2) is 0 Å². The predicted octanol–water partition coefficient (Wildman–Crippen LogP) is 4.61. The van der Waals surface area contributed by atoms with Gasteiger partial charge in [0.2, 0.25) is 0 Å². The SMILES string of the molecule is Cc1cc(C)c(NCc2cc(C#N)cs2)c(Br)c1. The monoisotopic (exact) mass is 320 g/mol. The molecule has 0 radical (unpaired) electrons. The second-order valence-electron chi connectivity index (χ2n) is 4.21. The second kappa shape index (κ2) is 5.55. The zero-order chi connectivity index (χ0) is 13.1. The Balaban J connectivity index is 2.13. The molecule has 0 atom stereocenters. The van der Waals surface area contributed by atoms with Crippen molar-refractivity contribution in [3.63, 3.8) is 0 Å². The topological polar surface area (TPSA) is 35.8 Å². The molecule has 1 aromatic carbocycles. The molecule has 4 heteroatoms. The maximum absolute atomic E-state index is 8.78. The first kappa shape index (κ1) is 13.1. The third-order valence-corrected chi connectivity index (χ3v) is 4.22. The molecule has 92 valence electrons. The summed E-state index contributed by atoms with van der Waals surface area (Å²) in [5.74, 6) is 0. The number of nitriles is 1. The minimum atomic E-state index is 0.733. The van der Waals surface area contributed by atoms with Gasteiger partial charge >= 0.3 is 0 Å². The first-order valence-corrected chi connectivity index (χ1v) is 7.25. The number of nitrogens with zero attached hydrogens (tertiary/aromatic N) is 1. The van der Waals surface area contributed by atoms with Crippen molar-refractivity contribution in [3.8, 4) is 6.07 Å². The van der Waals surface area contributed by atoms with Gasteiger partial charge in [-0.2, -0.15) is 5.26 Å². The molecule has 0 aliphatic rings. The smallest absolute Gasteiger partial charge is 0.100 e. The number of thiophene rings is 1. The van der Waals surface area contributed by atoms with Crippen molar-refractivity contribution >= 4 is 33.0 Å². The Morgan fingerprint density at radius 2 is 2.11 bits per heavy atom. The van der Waals surface area contributed by atoms with Crippen molar-refractivity contribution in [1.82, 2.24) is 0 Å². The van der Waals surface area contributed by atoms with Crippen LogP contribution in [-0.2, 0) is 6.54 Å². The highest BCUT2D eigenvalue weighted by Crippen LogP contribution is 2.28. The van der Waals surface area contributed by atoms with E-state index >= 15 is 0 Å². The third kappa shape index (κ3) is 2.92. The van der Waals surface area contributed by atoms with Crippen molar-refractivity contribution < 1.29 is 0 Å². The molecule has 1 heterocycles. The maximum atomic E-state index is 8.78. The Morgan fingerprint density at radius 1 is 1.33 bits per heavy atom. The standard InChI is InChI=1S/C14H13BrN2S/c1-9-3-10(2)14(13(15)4-9)17-7-12-5-11(6-16)8-18-12/h3-5,8,17H,7H2,1-2H3. The molecule has 2 rings (SSSR count). The first-order valence-electron chi connectivity index (χ1n) is 5.58. The van der Waals surface area contributed by atoms with Crippen LogP contribution in [0.3, 0.4) is 0 Å². The van der Waals surface area contributed by atoms with Crippen LogP contribution in [-0.4, -0.2) is 0 Å². The number of rotatable bonds is 3. The molecular formula is C14H13BrN2S. The molecule has 0 amide bonds. The molecular weight excluding hydrogens is 308 g/mol. The number of anilines is 1. The van der Waals surface area contributed by atoms with Crippen molar-refractivity contribution in [2.45, 2.75) is 20.4 Å². The zero-order valence-corrected chi connectivity index (χ0v) is 12.7. The summed E-state index contributed by atoms with van der Waals surface area (Å²) in [6.45, 7) is 4.92. The van der Waals surface area contributed by atoms with Gasteiger partial charge in [-0.15, -0.1) is 11.3 Å². The van der Waals surface area contributed by atoms with Gasteiger partial charge in [0, 0.05) is 21.3 Å². The molecule has 2 nitrogen and oxygen atoms in total. The van der Waals surface area contributed by atoms with E-state index in [1.807, 2.05) is 11.4 Å². The van der Waals surface area contributed by atoms with Gasteiger partial charge in [-0.25, -0.2) is 0 Å². The lowest BCUT2D eigenvalue weighted by Gasteiger charge is -2.12. The molecule has 0 bridgehead atoms. The number of hydrogen-bond acceptors (Lipinski definition) is 3. The average Bonchev–Trinajstić information content (AvgIpc) is 2.75. The number of aryl methyl sites for hydroxylation is 2. The van der Waals surface area contributed by atoms with Gasteiger partial charge in [0.25, 0.3) is 0 Å². The van der Waals surface area contributed by atoms with E-state index in [9.17, 15) is 0 Å². The lowest BCUT2D eigenvalue weighted by molar-refractivity contribution is 1.17. The van der Waals surface area contributed by atoms with Crippen molar-refractivity contribution in [2.24, 2.45) is 0 Å². The van der Waals surface area contributed by atoms with Crippen molar-refractivity contribution in [1.29, 1.82) is 5.26 Å². The van der Waals surface area contributed by atoms with Crippen LogP contribution in [0.4, 0.5) is 5.69 Å². The Hall–Kier alpha value is -1.31. The Labute approximate surface area is 119 Å². The molecule has 0 unspecified atom stereocenters. The highest BCUT2D eigenvalue weighted by molar-refractivity contribution is 9.10. The minimum Gasteiger partial charge on any atom is -0.379 e. The van der Waals surface area contributed by atoms with E-state index in [0.717, 1.165) is 22.3 Å². The summed E-state index contributed by atoms with van der Waals surface area (Å²) in [4.78, 5) is 1.17. The van der Waals surface area contributed by atoms with E-state index in [0.29, 0.717) is 0 Å². The Kier molecular flexibility index (Phi) is 4.05. The minimum absolute atomic E-state index is 0.733. The highest BCUT2D eigenvalue weighted by Gasteiger charge is 2.05. The Bertz CT molecular complexity index is 587. The van der Waals surface area contributed by atoms with E-state index in [2.05, 4.69) is 53.3 Å². The molecule has 2 aromatic rings. The summed E-state index contributed by atoms with van der Waals surface area (Å²) >= 11 is 5.19. The summed E-state index contributed by atoms with van der Waals surface area (Å²) in [6.07, 6.45) is 0. The van der Waals surface area contributed by atoms with Gasteiger partial charge in [-0.3, -0.25) is 0 Å². The molecule has 0 saturated carbocycles. The van der Waals surface area contributed by atoms with Crippen LogP contribution in [0.25, 0.3) is 0 Å². The first-order chi connectivity index (χ1) is 8.60. The zero-order valence-electron chi connectivity index (χ0n) is 10.2. The van der Waals surface area contributed by atoms with Gasteiger partial charge in [0.05, 0.1) is 11.3 Å². The van der Waals surface area contributed by atoms with Gasteiger partial charge in [-0.05, 0) is 53.0 Å². The molecule has 1 aromatic heterocycles. The van der Waals surface area contributed by atoms with Gasteiger partial charge < -0.3 is 5.32 Å². The van der Waals surface area contributed by atoms with Crippen molar-refractivity contribution in [2.75, 3.05) is 5.32 Å². The summed E-state index contributed by atoms with van der Waals surface area (Å²) < 4.78 is 1.08. The number of benzene rings is 1. The van der Waals surface area contributed by atoms with Crippen LogP contribution in [0, 0.1) is 25.2 Å². The van der Waals surface area contributed by atoms with Crippen LogP contribution in [0.15, 0.2) is 28.1 Å². The summed E-state index contributed by atoms with van der Waals surface area (Å²) in [5, 5.41) is 14.1. The fraction of sp³-hybridized carbons (Fsp3) is 0.214. The molecule has 0 aliphatic carbocycles. The molecule has 1 N–H and O–H groups in total. The van der Waals surface area contributed by atoms with E-state index in [1.54, 1.807) is 11.3 Å². The third-order valence-electron chi connectivity index (χ3n) is 2.65. The van der Waals surface area contributed by atoms with E-state index < -0.39 is 0 Å². The molecule has 0 fully saturated rings. The van der Waals surface area contributed by atoms with E-state index in [1.165, 1.54) is 16.0 Å². The lowest BCUT2D eigenvalue weighted by atomic mass is 10.1. The molecule has 0 spiro atoms. The summed E-state index contributed by atoms with van der Waals surface area (Å²) in [6, 6.07) is 8.33. The average molecular weight is 321 g/mol. The molecule has 0 aliphatic heterocycles. The number of nitrogens with one attached hydrogen (secondary N) is 1. The number of halogens is 1. The predicted molar refractivity (Wildman–Crippen MR) is 80.0 cm³/mol. The van der Waals surface area contributed by atoms with Crippen LogP contribution < -0.4 is 5.32 Å².